The van der Waals surface area contributed by atoms with E-state index in [0.29, 0.717) is 18.3 Å². The number of primary amides is 1. The van der Waals surface area contributed by atoms with Crippen LogP contribution in [0.5, 0.6) is 5.75 Å². The van der Waals surface area contributed by atoms with E-state index >= 15 is 0 Å². The van der Waals surface area contributed by atoms with E-state index in [1.54, 1.807) is 0 Å². The maximum absolute atomic E-state index is 10.9. The minimum atomic E-state index is -0.481. The molecule has 0 unspecified atom stereocenters. The molecule has 1 aliphatic carbocycles. The Kier molecular flexibility index (Phi) is 8.16. The molecular formula is C22H35N5O2. The summed E-state index contributed by atoms with van der Waals surface area (Å²) in [4.78, 5) is 18.3. The molecule has 0 atom stereocenters. The van der Waals surface area contributed by atoms with Crippen molar-refractivity contribution in [1.82, 2.24) is 15.5 Å². The minimum absolute atomic E-state index is 0.115. The Labute approximate surface area is 174 Å². The minimum Gasteiger partial charge on any atom is -0.484 e. The molecule has 160 valence electrons. The summed E-state index contributed by atoms with van der Waals surface area (Å²) < 4.78 is 5.38. The van der Waals surface area contributed by atoms with Crippen molar-refractivity contribution in [2.45, 2.75) is 64.1 Å². The van der Waals surface area contributed by atoms with Crippen LogP contribution in [0.25, 0.3) is 0 Å². The van der Waals surface area contributed by atoms with Gasteiger partial charge in [-0.25, -0.2) is 4.99 Å². The number of likely N-dealkylation sites (tertiary alicyclic amines) is 1. The van der Waals surface area contributed by atoms with Crippen LogP contribution >= 0.6 is 0 Å². The molecule has 29 heavy (non-hydrogen) atoms. The van der Waals surface area contributed by atoms with Crippen LogP contribution in [0.3, 0.4) is 0 Å². The second-order valence-corrected chi connectivity index (χ2v) is 7.99. The summed E-state index contributed by atoms with van der Waals surface area (Å²) in [6, 6.07) is 8.91. The normalized spacial score (nSPS) is 19.3. The maximum atomic E-state index is 10.9. The Bertz CT molecular complexity index is 680. The van der Waals surface area contributed by atoms with Gasteiger partial charge in [0.15, 0.2) is 12.6 Å². The number of hydrogen-bond donors (Lipinski definition) is 3. The highest BCUT2D eigenvalue weighted by Gasteiger charge is 2.27. The monoisotopic (exact) mass is 401 g/mol. The van der Waals surface area contributed by atoms with E-state index in [1.165, 1.54) is 38.8 Å². The number of carbonyl (C=O) groups is 1. The molecule has 1 aromatic carbocycles. The van der Waals surface area contributed by atoms with Gasteiger partial charge in [0.1, 0.15) is 5.75 Å². The van der Waals surface area contributed by atoms with Crippen LogP contribution in [0.2, 0.25) is 0 Å². The first-order chi connectivity index (χ1) is 14.1. The van der Waals surface area contributed by atoms with E-state index < -0.39 is 5.91 Å². The summed E-state index contributed by atoms with van der Waals surface area (Å²) in [5.74, 6) is 1.01. The van der Waals surface area contributed by atoms with Gasteiger partial charge < -0.3 is 26.0 Å². The maximum Gasteiger partial charge on any atom is 0.255 e. The summed E-state index contributed by atoms with van der Waals surface area (Å²) in [5, 5.41) is 6.97. The number of rotatable bonds is 8. The van der Waals surface area contributed by atoms with Crippen molar-refractivity contribution in [1.29, 1.82) is 0 Å². The summed E-state index contributed by atoms with van der Waals surface area (Å²) in [7, 11) is 0. The first kappa shape index (κ1) is 21.4. The van der Waals surface area contributed by atoms with Crippen molar-refractivity contribution in [3.8, 4) is 5.75 Å². The molecule has 0 bridgehead atoms. The van der Waals surface area contributed by atoms with Crippen LogP contribution in [-0.4, -0.2) is 55.1 Å². The lowest BCUT2D eigenvalue weighted by atomic mass is 10.0. The third-order valence-corrected chi connectivity index (χ3v) is 5.75. The lowest BCUT2D eigenvalue weighted by Crippen LogP contribution is -2.50. The standard InChI is InChI=1S/C22H35N5O2/c1-2-24-22(25-15-17-6-5-9-20(14-17)29-16-21(23)28)26-18-10-12-27(13-11-18)19-7-3-4-8-19/h5-6,9,14,18-19H,2-4,7-8,10-13,15-16H2,1H3,(H2,23,28)(H2,24,25,26). The van der Waals surface area contributed by atoms with Crippen molar-refractivity contribution < 1.29 is 9.53 Å². The quantitative estimate of drug-likeness (QED) is 0.458. The fourth-order valence-electron chi connectivity index (χ4n) is 4.25. The molecule has 0 radical (unpaired) electrons. The van der Waals surface area contributed by atoms with Gasteiger partial charge in [-0.2, -0.15) is 0 Å². The van der Waals surface area contributed by atoms with E-state index in [-0.39, 0.29) is 6.61 Å². The fourth-order valence-corrected chi connectivity index (χ4v) is 4.25. The van der Waals surface area contributed by atoms with Gasteiger partial charge in [0, 0.05) is 31.7 Å². The molecule has 1 amide bonds. The molecule has 7 nitrogen and oxygen atoms in total. The lowest BCUT2D eigenvalue weighted by molar-refractivity contribution is -0.119. The van der Waals surface area contributed by atoms with Gasteiger partial charge >= 0.3 is 0 Å². The molecule has 1 heterocycles. The van der Waals surface area contributed by atoms with E-state index in [2.05, 4.69) is 22.5 Å². The fraction of sp³-hybridized carbons (Fsp3) is 0.636. The van der Waals surface area contributed by atoms with E-state index in [0.717, 1.165) is 37.0 Å². The molecular weight excluding hydrogens is 366 g/mol. The highest BCUT2D eigenvalue weighted by molar-refractivity contribution is 5.80. The molecule has 1 aromatic rings. The zero-order valence-corrected chi connectivity index (χ0v) is 17.5. The molecule has 4 N–H and O–H groups in total. The van der Waals surface area contributed by atoms with Crippen molar-refractivity contribution in [3.05, 3.63) is 29.8 Å². The summed E-state index contributed by atoms with van der Waals surface area (Å²) in [6.45, 7) is 5.70. The first-order valence-corrected chi connectivity index (χ1v) is 10.9. The van der Waals surface area contributed by atoms with Gasteiger partial charge in [-0.05, 0) is 50.3 Å². The molecule has 1 saturated carbocycles. The van der Waals surface area contributed by atoms with Crippen LogP contribution in [-0.2, 0) is 11.3 Å². The number of piperidine rings is 1. The van der Waals surface area contributed by atoms with Gasteiger partial charge in [-0.3, -0.25) is 4.79 Å². The predicted octanol–water partition coefficient (Wildman–Crippen LogP) is 2.01. The molecule has 0 spiro atoms. The molecule has 2 fully saturated rings. The lowest BCUT2D eigenvalue weighted by Gasteiger charge is -2.36. The Morgan fingerprint density at radius 2 is 2.00 bits per heavy atom. The number of nitrogens with zero attached hydrogens (tertiary/aromatic N) is 2. The smallest absolute Gasteiger partial charge is 0.255 e. The zero-order chi connectivity index (χ0) is 20.5. The largest absolute Gasteiger partial charge is 0.484 e. The van der Waals surface area contributed by atoms with Crippen LogP contribution in [0.1, 0.15) is 51.0 Å². The van der Waals surface area contributed by atoms with E-state index in [4.69, 9.17) is 15.5 Å². The Morgan fingerprint density at radius 1 is 1.24 bits per heavy atom. The number of nitrogens with two attached hydrogens (primary N) is 1. The number of benzene rings is 1. The second-order valence-electron chi connectivity index (χ2n) is 7.99. The summed E-state index contributed by atoms with van der Waals surface area (Å²) in [5.41, 5.74) is 6.17. The van der Waals surface area contributed by atoms with Gasteiger partial charge in [0.25, 0.3) is 5.91 Å². The average molecular weight is 402 g/mol. The second kappa shape index (κ2) is 11.0. The molecule has 0 aromatic heterocycles. The van der Waals surface area contributed by atoms with Crippen molar-refractivity contribution in [3.63, 3.8) is 0 Å². The number of guanidine groups is 1. The van der Waals surface area contributed by atoms with Crippen LogP contribution in [0.4, 0.5) is 0 Å². The van der Waals surface area contributed by atoms with Crippen molar-refractivity contribution in [2.24, 2.45) is 10.7 Å². The van der Waals surface area contributed by atoms with Crippen LogP contribution in [0, 0.1) is 0 Å². The highest BCUT2D eigenvalue weighted by Crippen LogP contribution is 2.26. The van der Waals surface area contributed by atoms with Crippen molar-refractivity contribution in [2.75, 3.05) is 26.2 Å². The number of aliphatic imine (C=N–C) groups is 1. The first-order valence-electron chi connectivity index (χ1n) is 10.9. The third-order valence-electron chi connectivity index (χ3n) is 5.75. The highest BCUT2D eigenvalue weighted by atomic mass is 16.5. The molecule has 1 saturated heterocycles. The molecule has 2 aliphatic rings. The SMILES string of the molecule is CCNC(=NCc1cccc(OCC(N)=O)c1)NC1CCN(C2CCCC2)CC1. The van der Waals surface area contributed by atoms with Gasteiger partial charge in [-0.1, -0.05) is 25.0 Å². The van der Waals surface area contributed by atoms with Gasteiger partial charge in [-0.15, -0.1) is 0 Å². The van der Waals surface area contributed by atoms with E-state index in [9.17, 15) is 4.79 Å². The topological polar surface area (TPSA) is 92.0 Å². The zero-order valence-electron chi connectivity index (χ0n) is 17.5. The number of amides is 1. The van der Waals surface area contributed by atoms with Gasteiger partial charge in [0.05, 0.1) is 6.54 Å². The average Bonchev–Trinajstić information content (AvgIpc) is 3.26. The molecule has 1 aliphatic heterocycles. The predicted molar refractivity (Wildman–Crippen MR) is 116 cm³/mol. The van der Waals surface area contributed by atoms with Gasteiger partial charge in [0.2, 0.25) is 0 Å². The number of hydrogen-bond acceptors (Lipinski definition) is 4. The Balaban J connectivity index is 1.51. The third kappa shape index (κ3) is 6.92. The van der Waals surface area contributed by atoms with E-state index in [1.807, 2.05) is 24.3 Å². The number of carbonyl (C=O) groups excluding carboxylic acids is 1. The Hall–Kier alpha value is -2.28. The van der Waals surface area contributed by atoms with Crippen LogP contribution < -0.4 is 21.1 Å². The summed E-state index contributed by atoms with van der Waals surface area (Å²) >= 11 is 0. The molecule has 3 rings (SSSR count). The number of ether oxygens (including phenoxy) is 1. The van der Waals surface area contributed by atoms with Crippen LogP contribution in [0.15, 0.2) is 29.3 Å². The molecule has 7 heteroatoms. The Morgan fingerprint density at radius 3 is 2.69 bits per heavy atom. The van der Waals surface area contributed by atoms with Crippen molar-refractivity contribution >= 4 is 11.9 Å². The summed E-state index contributed by atoms with van der Waals surface area (Å²) in [6.07, 6.45) is 7.88. The number of nitrogens with one attached hydrogen (secondary N) is 2.